The number of benzene rings is 4. The number of nitrogens with zero attached hydrogens (tertiary/aromatic N) is 2. The summed E-state index contributed by atoms with van der Waals surface area (Å²) in [5.41, 5.74) is 0.0184. The third-order valence-electron chi connectivity index (χ3n) is 8.87. The van der Waals surface area contributed by atoms with Gasteiger partial charge in [0.1, 0.15) is 18.4 Å². The standard InChI is InChI=1S/C38H39F4N3O4S/c1-27-19-21-33(22-20-27)50(48,49)45(32-17-10-14-30(24-32)38(40,41)42)26-36(46)44(25-29-13-8-9-18-34(29)39)35(23-28-11-4-2-5-12-28)37(47)43-31-15-6-3-7-16-31/h2,4-5,8-14,17-22,24,31,35H,3,6-7,15-16,23,25-26H2,1H3,(H,43,47)/t35-/m0/s1. The van der Waals surface area contributed by atoms with Crippen LogP contribution in [0.5, 0.6) is 0 Å². The van der Waals surface area contributed by atoms with Crippen molar-refractivity contribution in [3.8, 4) is 0 Å². The van der Waals surface area contributed by atoms with Crippen LogP contribution in [-0.4, -0.2) is 43.8 Å². The summed E-state index contributed by atoms with van der Waals surface area (Å²) in [5.74, 6) is -2.03. The monoisotopic (exact) mass is 709 g/mol. The average Bonchev–Trinajstić information content (AvgIpc) is 3.10. The molecule has 1 N–H and O–H groups in total. The summed E-state index contributed by atoms with van der Waals surface area (Å²) in [6, 6.07) is 22.7. The molecule has 1 saturated carbocycles. The lowest BCUT2D eigenvalue weighted by molar-refractivity contribution is -0.140. The van der Waals surface area contributed by atoms with E-state index in [1.165, 1.54) is 48.5 Å². The van der Waals surface area contributed by atoms with Gasteiger partial charge in [0.15, 0.2) is 0 Å². The third-order valence-corrected chi connectivity index (χ3v) is 10.7. The minimum atomic E-state index is -4.80. The Morgan fingerprint density at radius 2 is 1.52 bits per heavy atom. The van der Waals surface area contributed by atoms with Crippen LogP contribution in [0.2, 0.25) is 0 Å². The summed E-state index contributed by atoms with van der Waals surface area (Å²) in [5, 5.41) is 3.06. The van der Waals surface area contributed by atoms with E-state index in [9.17, 15) is 31.2 Å². The van der Waals surface area contributed by atoms with Gasteiger partial charge in [-0.1, -0.05) is 91.6 Å². The van der Waals surface area contributed by atoms with Crippen molar-refractivity contribution in [3.05, 3.63) is 131 Å². The number of alkyl halides is 3. The van der Waals surface area contributed by atoms with Crippen molar-refractivity contribution in [2.75, 3.05) is 10.8 Å². The lowest BCUT2D eigenvalue weighted by atomic mass is 9.94. The summed E-state index contributed by atoms with van der Waals surface area (Å²) in [6.45, 7) is 0.381. The molecule has 4 aromatic rings. The molecule has 0 heterocycles. The predicted molar refractivity (Wildman–Crippen MR) is 183 cm³/mol. The first-order valence-corrected chi connectivity index (χ1v) is 17.9. The van der Waals surface area contributed by atoms with E-state index in [1.54, 1.807) is 43.3 Å². The average molecular weight is 710 g/mol. The van der Waals surface area contributed by atoms with Crippen LogP contribution in [0.4, 0.5) is 23.2 Å². The topological polar surface area (TPSA) is 86.8 Å². The van der Waals surface area contributed by atoms with Gasteiger partial charge in [-0.3, -0.25) is 13.9 Å². The second-order valence-corrected chi connectivity index (χ2v) is 14.4. The summed E-state index contributed by atoms with van der Waals surface area (Å²) in [4.78, 5) is 29.6. The molecule has 0 bridgehead atoms. The fourth-order valence-corrected chi connectivity index (χ4v) is 7.52. The zero-order valence-corrected chi connectivity index (χ0v) is 28.4. The Morgan fingerprint density at radius 3 is 2.18 bits per heavy atom. The van der Waals surface area contributed by atoms with Crippen molar-refractivity contribution in [2.45, 2.75) is 75.1 Å². The fraction of sp³-hybridized carbons (Fsp3) is 0.316. The molecule has 1 aliphatic rings. The fourth-order valence-electron chi connectivity index (χ4n) is 6.11. The van der Waals surface area contributed by atoms with Crippen LogP contribution in [0.1, 0.15) is 54.4 Å². The predicted octanol–water partition coefficient (Wildman–Crippen LogP) is 7.44. The van der Waals surface area contributed by atoms with Crippen molar-refractivity contribution in [2.24, 2.45) is 0 Å². The summed E-state index contributed by atoms with van der Waals surface area (Å²) in [6.07, 6.45) is -0.378. The first kappa shape index (κ1) is 36.6. The van der Waals surface area contributed by atoms with Crippen LogP contribution in [-0.2, 0) is 38.8 Å². The van der Waals surface area contributed by atoms with E-state index in [1.807, 2.05) is 0 Å². The molecular formula is C38H39F4N3O4S. The van der Waals surface area contributed by atoms with Crippen molar-refractivity contribution in [1.29, 1.82) is 0 Å². The number of aryl methyl sites for hydroxylation is 1. The van der Waals surface area contributed by atoms with Crippen LogP contribution >= 0.6 is 0 Å². The lowest BCUT2D eigenvalue weighted by Gasteiger charge is -2.35. The third kappa shape index (κ3) is 9.09. The zero-order valence-electron chi connectivity index (χ0n) is 27.6. The maximum atomic E-state index is 15.2. The van der Waals surface area contributed by atoms with Gasteiger partial charge in [-0.25, -0.2) is 12.8 Å². The number of hydrogen-bond acceptors (Lipinski definition) is 4. The van der Waals surface area contributed by atoms with E-state index in [4.69, 9.17) is 0 Å². The van der Waals surface area contributed by atoms with E-state index in [2.05, 4.69) is 5.32 Å². The largest absolute Gasteiger partial charge is 0.416 e. The van der Waals surface area contributed by atoms with Crippen LogP contribution in [0, 0.1) is 12.7 Å². The van der Waals surface area contributed by atoms with Gasteiger partial charge in [0, 0.05) is 24.6 Å². The van der Waals surface area contributed by atoms with Crippen LogP contribution in [0.25, 0.3) is 0 Å². The van der Waals surface area contributed by atoms with Gasteiger partial charge in [0.2, 0.25) is 11.8 Å². The minimum absolute atomic E-state index is 0.0217. The van der Waals surface area contributed by atoms with Crippen molar-refractivity contribution >= 4 is 27.5 Å². The quantitative estimate of drug-likeness (QED) is 0.155. The van der Waals surface area contributed by atoms with Crippen LogP contribution < -0.4 is 9.62 Å². The Kier molecular flexibility index (Phi) is 11.6. The van der Waals surface area contributed by atoms with E-state index in [-0.39, 0.29) is 22.9 Å². The minimum Gasteiger partial charge on any atom is -0.352 e. The van der Waals surface area contributed by atoms with Crippen LogP contribution in [0.15, 0.2) is 108 Å². The second-order valence-electron chi connectivity index (χ2n) is 12.5. The van der Waals surface area contributed by atoms with Gasteiger partial charge < -0.3 is 10.2 Å². The van der Waals surface area contributed by atoms with E-state index < -0.39 is 64.2 Å². The molecular weight excluding hydrogens is 670 g/mol. The van der Waals surface area contributed by atoms with E-state index in [0.29, 0.717) is 15.9 Å². The molecule has 4 aromatic carbocycles. The lowest BCUT2D eigenvalue weighted by Crippen LogP contribution is -2.55. The first-order valence-electron chi connectivity index (χ1n) is 16.5. The van der Waals surface area contributed by atoms with Gasteiger partial charge in [0.25, 0.3) is 10.0 Å². The van der Waals surface area contributed by atoms with E-state index in [0.717, 1.165) is 54.7 Å². The molecule has 2 amide bonds. The van der Waals surface area contributed by atoms with Gasteiger partial charge in [0.05, 0.1) is 16.1 Å². The van der Waals surface area contributed by atoms with Gasteiger partial charge in [-0.2, -0.15) is 13.2 Å². The van der Waals surface area contributed by atoms with Crippen molar-refractivity contribution in [1.82, 2.24) is 10.2 Å². The molecule has 0 radical (unpaired) electrons. The molecule has 0 aliphatic heterocycles. The Bertz CT molecular complexity index is 1880. The molecule has 1 aliphatic carbocycles. The molecule has 0 spiro atoms. The number of rotatable bonds is 12. The van der Waals surface area contributed by atoms with Crippen molar-refractivity contribution in [3.63, 3.8) is 0 Å². The Morgan fingerprint density at radius 1 is 0.860 bits per heavy atom. The second kappa shape index (κ2) is 15.9. The Labute approximate surface area is 290 Å². The molecule has 5 rings (SSSR count). The molecule has 264 valence electrons. The maximum Gasteiger partial charge on any atom is 0.416 e. The highest BCUT2D eigenvalue weighted by atomic mass is 32.2. The van der Waals surface area contributed by atoms with Gasteiger partial charge in [-0.05, 0) is 61.7 Å². The number of halogens is 4. The highest BCUT2D eigenvalue weighted by Gasteiger charge is 2.37. The number of sulfonamides is 1. The summed E-state index contributed by atoms with van der Waals surface area (Å²) in [7, 11) is -4.63. The van der Waals surface area contributed by atoms with E-state index >= 15 is 4.39 Å². The number of hydrogen-bond donors (Lipinski definition) is 1. The van der Waals surface area contributed by atoms with Crippen LogP contribution in [0.3, 0.4) is 0 Å². The Balaban J connectivity index is 1.60. The molecule has 50 heavy (non-hydrogen) atoms. The Hall–Kier alpha value is -4.71. The highest BCUT2D eigenvalue weighted by Crippen LogP contribution is 2.33. The molecule has 12 heteroatoms. The van der Waals surface area contributed by atoms with Gasteiger partial charge >= 0.3 is 6.18 Å². The summed E-state index contributed by atoms with van der Waals surface area (Å²) < 4.78 is 85.6. The molecule has 0 saturated heterocycles. The molecule has 0 aromatic heterocycles. The van der Waals surface area contributed by atoms with Gasteiger partial charge in [-0.15, -0.1) is 0 Å². The number of carbonyl (C=O) groups excluding carboxylic acids is 2. The molecule has 1 atom stereocenters. The van der Waals surface area contributed by atoms with Crippen molar-refractivity contribution < 1.29 is 35.6 Å². The normalized spacial score (nSPS) is 14.5. The number of anilines is 1. The molecule has 1 fully saturated rings. The zero-order chi connectivity index (χ0) is 35.9. The highest BCUT2D eigenvalue weighted by molar-refractivity contribution is 7.92. The number of nitrogens with one attached hydrogen (secondary N) is 1. The first-order chi connectivity index (χ1) is 23.8. The smallest absolute Gasteiger partial charge is 0.352 e. The number of amides is 2. The summed E-state index contributed by atoms with van der Waals surface area (Å²) >= 11 is 0. The molecule has 0 unspecified atom stereocenters. The maximum absolute atomic E-state index is 15.2. The SMILES string of the molecule is Cc1ccc(S(=O)(=O)N(CC(=O)N(Cc2ccccc2F)[C@@H](Cc2ccccc2)C(=O)NC2CCCCC2)c2cccc(C(F)(F)F)c2)cc1. The molecule has 7 nitrogen and oxygen atoms in total. The number of carbonyl (C=O) groups is 2.